The van der Waals surface area contributed by atoms with Crippen molar-refractivity contribution in [1.29, 1.82) is 0 Å². The van der Waals surface area contributed by atoms with Crippen molar-refractivity contribution < 1.29 is 9.53 Å². The number of hydrogen-bond acceptors (Lipinski definition) is 3. The van der Waals surface area contributed by atoms with Crippen molar-refractivity contribution in [2.24, 2.45) is 10.4 Å². The molecule has 0 saturated heterocycles. The molecule has 0 saturated carbocycles. The van der Waals surface area contributed by atoms with E-state index in [1.54, 1.807) is 12.1 Å². The van der Waals surface area contributed by atoms with Crippen molar-refractivity contribution >= 4 is 18.3 Å². The number of aliphatic imine (C=N–C) groups is 1. The minimum Gasteiger partial charge on any atom is -0.445 e. The maximum atomic E-state index is 10.6. The van der Waals surface area contributed by atoms with Gasteiger partial charge in [-0.15, -0.1) is 0 Å². The molecule has 0 unspecified atom stereocenters. The van der Waals surface area contributed by atoms with Crippen LogP contribution in [0.15, 0.2) is 35.0 Å². The van der Waals surface area contributed by atoms with Gasteiger partial charge in [0, 0.05) is 11.0 Å². The monoisotopic (exact) mass is 243 g/mol. The van der Waals surface area contributed by atoms with Crippen molar-refractivity contribution in [3.63, 3.8) is 0 Å². The average molecular weight is 243 g/mol. The summed E-state index contributed by atoms with van der Waals surface area (Å²) in [5.41, 5.74) is 1.63. The third kappa shape index (κ3) is 2.86. The zero-order chi connectivity index (χ0) is 13.2. The summed E-state index contributed by atoms with van der Waals surface area (Å²) in [6.07, 6.45) is 2.79. The lowest BCUT2D eigenvalue weighted by Crippen LogP contribution is -2.19. The van der Waals surface area contributed by atoms with E-state index in [0.717, 1.165) is 23.5 Å². The Bertz CT molecular complexity index is 504. The zero-order valence-electron chi connectivity index (χ0n) is 10.9. The van der Waals surface area contributed by atoms with E-state index >= 15 is 0 Å². The first-order chi connectivity index (χ1) is 8.49. The largest absolute Gasteiger partial charge is 0.445 e. The molecule has 1 aromatic carbocycles. The molecular formula is C15H17NO2. The summed E-state index contributed by atoms with van der Waals surface area (Å²) >= 11 is 0. The topological polar surface area (TPSA) is 38.7 Å². The first-order valence-corrected chi connectivity index (χ1v) is 5.97. The minimum atomic E-state index is -0.0586. The van der Waals surface area contributed by atoms with Crippen LogP contribution in [0.5, 0.6) is 0 Å². The Morgan fingerprint density at radius 1 is 1.17 bits per heavy atom. The van der Waals surface area contributed by atoms with Crippen LogP contribution in [0.3, 0.4) is 0 Å². The standard InChI is InChI=1S/C15H17NO2/c1-15(2,3)14-16-9-13(18-14)8-11-4-6-12(10-17)7-5-11/h4-8,10H,9H2,1-3H3/b13-8-. The number of nitrogens with zero attached hydrogens (tertiary/aromatic N) is 1. The Labute approximate surface area is 107 Å². The highest BCUT2D eigenvalue weighted by molar-refractivity contribution is 5.85. The summed E-state index contributed by atoms with van der Waals surface area (Å²) in [6.45, 7) is 6.82. The molecule has 0 radical (unpaired) electrons. The molecule has 18 heavy (non-hydrogen) atoms. The zero-order valence-corrected chi connectivity index (χ0v) is 10.9. The molecule has 1 aliphatic heterocycles. The third-order valence-corrected chi connectivity index (χ3v) is 2.65. The second-order valence-corrected chi connectivity index (χ2v) is 5.37. The lowest BCUT2D eigenvalue weighted by Gasteiger charge is -2.17. The number of carbonyl (C=O) groups is 1. The molecule has 0 amide bonds. The molecule has 0 aliphatic carbocycles. The fourth-order valence-electron chi connectivity index (χ4n) is 1.66. The van der Waals surface area contributed by atoms with Gasteiger partial charge in [0.05, 0.1) is 0 Å². The van der Waals surface area contributed by atoms with Crippen LogP contribution in [0.2, 0.25) is 0 Å². The molecule has 3 heteroatoms. The Hall–Kier alpha value is -1.90. The van der Waals surface area contributed by atoms with Gasteiger partial charge in [-0.05, 0) is 11.6 Å². The lowest BCUT2D eigenvalue weighted by molar-refractivity contribution is 0.112. The summed E-state index contributed by atoms with van der Waals surface area (Å²) in [6, 6.07) is 7.38. The SMILES string of the molecule is CC(C)(C)C1=NC/C(=C/c2ccc(C=O)cc2)O1. The highest BCUT2D eigenvalue weighted by atomic mass is 16.5. The van der Waals surface area contributed by atoms with Crippen LogP contribution in [0.4, 0.5) is 0 Å². The Morgan fingerprint density at radius 3 is 2.28 bits per heavy atom. The summed E-state index contributed by atoms with van der Waals surface area (Å²) in [5.74, 6) is 1.62. The highest BCUT2D eigenvalue weighted by Gasteiger charge is 2.25. The highest BCUT2D eigenvalue weighted by Crippen LogP contribution is 2.24. The molecule has 0 fully saturated rings. The Kier molecular flexibility index (Phi) is 3.32. The second-order valence-electron chi connectivity index (χ2n) is 5.37. The molecule has 0 N–H and O–H groups in total. The van der Waals surface area contributed by atoms with Crippen LogP contribution in [0.25, 0.3) is 6.08 Å². The number of aldehydes is 1. The van der Waals surface area contributed by atoms with Crippen molar-refractivity contribution in [3.05, 3.63) is 41.2 Å². The predicted octanol–water partition coefficient (Wildman–Crippen LogP) is 3.31. The van der Waals surface area contributed by atoms with Gasteiger partial charge in [-0.2, -0.15) is 0 Å². The van der Waals surface area contributed by atoms with E-state index < -0.39 is 0 Å². The van der Waals surface area contributed by atoms with Gasteiger partial charge in [0.15, 0.2) is 5.90 Å². The Balaban J connectivity index is 2.10. The van der Waals surface area contributed by atoms with Crippen LogP contribution in [-0.2, 0) is 4.74 Å². The van der Waals surface area contributed by atoms with Crippen LogP contribution >= 0.6 is 0 Å². The van der Waals surface area contributed by atoms with E-state index in [9.17, 15) is 4.79 Å². The van der Waals surface area contributed by atoms with Crippen LogP contribution in [0.1, 0.15) is 36.7 Å². The van der Waals surface area contributed by atoms with Gasteiger partial charge < -0.3 is 4.74 Å². The van der Waals surface area contributed by atoms with Gasteiger partial charge in [0.25, 0.3) is 0 Å². The average Bonchev–Trinajstić information content (AvgIpc) is 2.78. The number of rotatable bonds is 2. The van der Waals surface area contributed by atoms with Crippen molar-refractivity contribution in [2.75, 3.05) is 6.54 Å². The maximum absolute atomic E-state index is 10.6. The quantitative estimate of drug-likeness (QED) is 0.747. The van der Waals surface area contributed by atoms with Crippen molar-refractivity contribution in [3.8, 4) is 0 Å². The molecule has 1 aliphatic rings. The molecule has 0 atom stereocenters. The van der Waals surface area contributed by atoms with E-state index in [1.807, 2.05) is 18.2 Å². The fourth-order valence-corrected chi connectivity index (χ4v) is 1.66. The number of benzene rings is 1. The van der Waals surface area contributed by atoms with Crippen LogP contribution < -0.4 is 0 Å². The number of ether oxygens (including phenoxy) is 1. The normalized spacial score (nSPS) is 17.5. The maximum Gasteiger partial charge on any atom is 0.195 e. The lowest BCUT2D eigenvalue weighted by atomic mass is 9.97. The predicted molar refractivity (Wildman–Crippen MR) is 72.6 cm³/mol. The molecule has 0 spiro atoms. The molecule has 1 aromatic rings. The van der Waals surface area contributed by atoms with Crippen LogP contribution in [-0.4, -0.2) is 18.7 Å². The van der Waals surface area contributed by atoms with E-state index in [4.69, 9.17) is 4.74 Å². The molecule has 2 rings (SSSR count). The van der Waals surface area contributed by atoms with Gasteiger partial charge >= 0.3 is 0 Å². The van der Waals surface area contributed by atoms with Gasteiger partial charge in [-0.3, -0.25) is 4.79 Å². The van der Waals surface area contributed by atoms with E-state index in [-0.39, 0.29) is 5.41 Å². The number of hydrogen-bond donors (Lipinski definition) is 0. The van der Waals surface area contributed by atoms with Crippen molar-refractivity contribution in [1.82, 2.24) is 0 Å². The van der Waals surface area contributed by atoms with Gasteiger partial charge in [-0.1, -0.05) is 45.0 Å². The van der Waals surface area contributed by atoms with Gasteiger partial charge in [0.2, 0.25) is 0 Å². The van der Waals surface area contributed by atoms with E-state index in [2.05, 4.69) is 25.8 Å². The first-order valence-electron chi connectivity index (χ1n) is 5.97. The molecule has 0 aromatic heterocycles. The molecule has 3 nitrogen and oxygen atoms in total. The molecule has 0 bridgehead atoms. The molecule has 94 valence electrons. The van der Waals surface area contributed by atoms with Crippen LogP contribution in [0, 0.1) is 5.41 Å². The summed E-state index contributed by atoms with van der Waals surface area (Å²) in [4.78, 5) is 14.9. The fraction of sp³-hybridized carbons (Fsp3) is 0.333. The van der Waals surface area contributed by atoms with Crippen molar-refractivity contribution in [2.45, 2.75) is 20.8 Å². The summed E-state index contributed by atoms with van der Waals surface area (Å²) in [5, 5.41) is 0. The second kappa shape index (κ2) is 4.77. The minimum absolute atomic E-state index is 0.0586. The molecular weight excluding hydrogens is 226 g/mol. The summed E-state index contributed by atoms with van der Waals surface area (Å²) in [7, 11) is 0. The number of carbonyl (C=O) groups excluding carboxylic acids is 1. The smallest absolute Gasteiger partial charge is 0.195 e. The van der Waals surface area contributed by atoms with Gasteiger partial charge in [-0.25, -0.2) is 4.99 Å². The van der Waals surface area contributed by atoms with E-state index in [0.29, 0.717) is 12.1 Å². The van der Waals surface area contributed by atoms with E-state index in [1.165, 1.54) is 0 Å². The third-order valence-electron chi connectivity index (χ3n) is 2.65. The van der Waals surface area contributed by atoms with Gasteiger partial charge in [0.1, 0.15) is 18.6 Å². The molecule has 1 heterocycles. The first kappa shape index (κ1) is 12.6. The summed E-state index contributed by atoms with van der Waals surface area (Å²) < 4.78 is 5.73. The Morgan fingerprint density at radius 2 is 1.78 bits per heavy atom.